The summed E-state index contributed by atoms with van der Waals surface area (Å²) in [7, 11) is 0. The molecule has 0 saturated carbocycles. The molecular formula is C15H17Br2N3O. The van der Waals surface area contributed by atoms with E-state index in [9.17, 15) is 0 Å². The van der Waals surface area contributed by atoms with Crippen LogP contribution in [-0.2, 0) is 0 Å². The number of ether oxygens (including phenoxy) is 1. The van der Waals surface area contributed by atoms with Gasteiger partial charge in [-0.3, -0.25) is 0 Å². The topological polar surface area (TPSA) is 60.2 Å². The molecule has 0 amide bonds. The average Bonchev–Trinajstić information content (AvgIpc) is 2.43. The number of anilines is 3. The van der Waals surface area contributed by atoms with Gasteiger partial charge in [-0.2, -0.15) is 4.98 Å². The average molecular weight is 415 g/mol. The highest BCUT2D eigenvalue weighted by Gasteiger charge is 2.07. The Morgan fingerprint density at radius 1 is 1.24 bits per heavy atom. The fraction of sp³-hybridized carbons (Fsp3) is 0.267. The summed E-state index contributed by atoms with van der Waals surface area (Å²) in [6.45, 7) is 4.75. The summed E-state index contributed by atoms with van der Waals surface area (Å²) in [6, 6.07) is 9.50. The van der Waals surface area contributed by atoms with Crippen molar-refractivity contribution in [1.29, 1.82) is 0 Å². The van der Waals surface area contributed by atoms with E-state index in [-0.39, 0.29) is 0 Å². The zero-order valence-corrected chi connectivity index (χ0v) is 15.0. The second-order valence-electron chi connectivity index (χ2n) is 5.04. The van der Waals surface area contributed by atoms with E-state index in [0.717, 1.165) is 14.6 Å². The third-order valence-electron chi connectivity index (χ3n) is 2.63. The highest BCUT2D eigenvalue weighted by atomic mass is 79.9. The highest BCUT2D eigenvalue weighted by molar-refractivity contribution is 9.11. The number of nitrogens with two attached hydrogens (primary N) is 1. The predicted molar refractivity (Wildman–Crippen MR) is 94.1 cm³/mol. The lowest BCUT2D eigenvalue weighted by molar-refractivity contribution is 0.263. The van der Waals surface area contributed by atoms with Crippen molar-refractivity contribution in [2.45, 2.75) is 13.8 Å². The maximum Gasteiger partial charge on any atom is 0.239 e. The summed E-state index contributed by atoms with van der Waals surface area (Å²) in [6.07, 6.45) is 0. The zero-order valence-electron chi connectivity index (χ0n) is 11.9. The number of rotatable bonds is 5. The summed E-state index contributed by atoms with van der Waals surface area (Å²) < 4.78 is 7.57. The number of hydrogen-bond donors (Lipinski definition) is 2. The Morgan fingerprint density at radius 3 is 2.71 bits per heavy atom. The summed E-state index contributed by atoms with van der Waals surface area (Å²) in [4.78, 5) is 4.42. The van der Waals surface area contributed by atoms with Crippen LogP contribution >= 0.6 is 31.9 Å². The monoisotopic (exact) mass is 413 g/mol. The molecule has 3 N–H and O–H groups in total. The van der Waals surface area contributed by atoms with E-state index in [1.165, 1.54) is 0 Å². The number of nitrogens with one attached hydrogen (secondary N) is 1. The van der Waals surface area contributed by atoms with Crippen molar-refractivity contribution in [1.82, 2.24) is 4.98 Å². The summed E-state index contributed by atoms with van der Waals surface area (Å²) >= 11 is 6.95. The Hall–Kier alpha value is -1.27. The van der Waals surface area contributed by atoms with E-state index in [4.69, 9.17) is 10.5 Å². The molecule has 4 nitrogen and oxygen atoms in total. The molecule has 21 heavy (non-hydrogen) atoms. The SMILES string of the molecule is CC(C)COc1nc(Nc2cc(Br)ccc2Br)ccc1N. The molecule has 0 bridgehead atoms. The van der Waals surface area contributed by atoms with Crippen molar-refractivity contribution >= 4 is 49.1 Å². The van der Waals surface area contributed by atoms with Gasteiger partial charge in [0.05, 0.1) is 18.0 Å². The molecule has 2 aromatic rings. The molecule has 1 heterocycles. The number of benzene rings is 1. The van der Waals surface area contributed by atoms with Crippen LogP contribution in [0.25, 0.3) is 0 Å². The van der Waals surface area contributed by atoms with Gasteiger partial charge in [-0.1, -0.05) is 29.8 Å². The smallest absolute Gasteiger partial charge is 0.239 e. The summed E-state index contributed by atoms with van der Waals surface area (Å²) in [5, 5.41) is 3.24. The maximum atomic E-state index is 5.89. The van der Waals surface area contributed by atoms with Crippen LogP contribution in [-0.4, -0.2) is 11.6 Å². The van der Waals surface area contributed by atoms with Gasteiger partial charge in [0.1, 0.15) is 5.82 Å². The fourth-order valence-electron chi connectivity index (χ4n) is 1.61. The van der Waals surface area contributed by atoms with E-state index in [1.807, 2.05) is 24.3 Å². The minimum absolute atomic E-state index is 0.419. The van der Waals surface area contributed by atoms with E-state index in [0.29, 0.717) is 29.9 Å². The van der Waals surface area contributed by atoms with Crippen molar-refractivity contribution in [3.8, 4) is 5.88 Å². The molecule has 112 valence electrons. The number of nitrogens with zero attached hydrogens (tertiary/aromatic N) is 1. The van der Waals surface area contributed by atoms with Gasteiger partial charge in [-0.25, -0.2) is 0 Å². The van der Waals surface area contributed by atoms with Gasteiger partial charge < -0.3 is 15.8 Å². The van der Waals surface area contributed by atoms with E-state index in [2.05, 4.69) is 56.0 Å². The lowest BCUT2D eigenvalue weighted by Gasteiger charge is -2.13. The Morgan fingerprint density at radius 2 is 2.00 bits per heavy atom. The van der Waals surface area contributed by atoms with Crippen LogP contribution < -0.4 is 15.8 Å². The van der Waals surface area contributed by atoms with Crippen molar-refractivity contribution in [3.05, 3.63) is 39.3 Å². The Labute approximate surface area is 141 Å². The molecule has 0 fully saturated rings. The van der Waals surface area contributed by atoms with Gasteiger partial charge in [-0.15, -0.1) is 0 Å². The predicted octanol–water partition coefficient (Wildman–Crippen LogP) is 4.97. The summed E-state index contributed by atoms with van der Waals surface area (Å²) in [5.41, 5.74) is 7.34. The normalized spacial score (nSPS) is 10.7. The first-order valence-electron chi connectivity index (χ1n) is 6.57. The number of halogens is 2. The van der Waals surface area contributed by atoms with E-state index < -0.39 is 0 Å². The maximum absolute atomic E-state index is 5.89. The lowest BCUT2D eigenvalue weighted by atomic mass is 10.2. The minimum atomic E-state index is 0.419. The molecule has 0 atom stereocenters. The molecular weight excluding hydrogens is 398 g/mol. The Bertz CT molecular complexity index is 632. The number of nitrogen functional groups attached to an aromatic ring is 1. The molecule has 0 aliphatic rings. The third-order valence-corrected chi connectivity index (χ3v) is 3.82. The third kappa shape index (κ3) is 4.61. The summed E-state index contributed by atoms with van der Waals surface area (Å²) in [5.74, 6) is 1.56. The zero-order chi connectivity index (χ0) is 15.4. The first-order chi connectivity index (χ1) is 9.95. The quantitative estimate of drug-likeness (QED) is 0.725. The number of pyridine rings is 1. The van der Waals surface area contributed by atoms with Crippen LogP contribution in [0.3, 0.4) is 0 Å². The molecule has 6 heteroatoms. The van der Waals surface area contributed by atoms with Crippen molar-refractivity contribution in [2.75, 3.05) is 17.7 Å². The van der Waals surface area contributed by atoms with Crippen molar-refractivity contribution in [2.24, 2.45) is 5.92 Å². The fourth-order valence-corrected chi connectivity index (χ4v) is 2.32. The van der Waals surface area contributed by atoms with Crippen molar-refractivity contribution in [3.63, 3.8) is 0 Å². The van der Waals surface area contributed by atoms with Gasteiger partial charge in [0.2, 0.25) is 5.88 Å². The first kappa shape index (κ1) is 16.1. The van der Waals surface area contributed by atoms with Gasteiger partial charge in [-0.05, 0) is 52.2 Å². The molecule has 0 saturated heterocycles. The van der Waals surface area contributed by atoms with Crippen LogP contribution in [0.5, 0.6) is 5.88 Å². The van der Waals surface area contributed by atoms with Crippen LogP contribution in [0.1, 0.15) is 13.8 Å². The molecule has 0 spiro atoms. The Kier molecular flexibility index (Phi) is 5.47. The second-order valence-corrected chi connectivity index (χ2v) is 6.81. The second kappa shape index (κ2) is 7.13. The van der Waals surface area contributed by atoms with Gasteiger partial charge >= 0.3 is 0 Å². The van der Waals surface area contributed by atoms with Crippen LogP contribution in [0.15, 0.2) is 39.3 Å². The van der Waals surface area contributed by atoms with Crippen LogP contribution in [0.2, 0.25) is 0 Å². The van der Waals surface area contributed by atoms with Gasteiger partial charge in [0.15, 0.2) is 0 Å². The highest BCUT2D eigenvalue weighted by Crippen LogP contribution is 2.30. The van der Waals surface area contributed by atoms with Gasteiger partial charge in [0.25, 0.3) is 0 Å². The van der Waals surface area contributed by atoms with Crippen LogP contribution in [0.4, 0.5) is 17.2 Å². The lowest BCUT2D eigenvalue weighted by Crippen LogP contribution is -2.08. The number of aromatic nitrogens is 1. The molecule has 0 aliphatic carbocycles. The standard InChI is InChI=1S/C15H17Br2N3O/c1-9(2)8-21-15-12(18)5-6-14(20-15)19-13-7-10(16)3-4-11(13)17/h3-7,9H,8,18H2,1-2H3,(H,19,20). The first-order valence-corrected chi connectivity index (χ1v) is 8.15. The molecule has 0 radical (unpaired) electrons. The minimum Gasteiger partial charge on any atom is -0.476 e. The molecule has 0 unspecified atom stereocenters. The van der Waals surface area contributed by atoms with Crippen molar-refractivity contribution < 1.29 is 4.74 Å². The Balaban J connectivity index is 2.20. The van der Waals surface area contributed by atoms with Gasteiger partial charge in [0, 0.05) is 8.95 Å². The molecule has 2 rings (SSSR count). The van der Waals surface area contributed by atoms with E-state index >= 15 is 0 Å². The van der Waals surface area contributed by atoms with Crippen LogP contribution in [0, 0.1) is 5.92 Å². The number of hydrogen-bond acceptors (Lipinski definition) is 4. The molecule has 1 aromatic heterocycles. The molecule has 1 aromatic carbocycles. The molecule has 0 aliphatic heterocycles. The largest absolute Gasteiger partial charge is 0.476 e. The van der Waals surface area contributed by atoms with E-state index in [1.54, 1.807) is 6.07 Å².